The average Bonchev–Trinajstić information content (AvgIpc) is 2.68. The second-order valence-corrected chi connectivity index (χ2v) is 10.6. The fourth-order valence-corrected chi connectivity index (χ4v) is 7.65. The molecule has 0 radical (unpaired) electrons. The van der Waals surface area contributed by atoms with Crippen molar-refractivity contribution in [2.24, 2.45) is 0 Å². The largest absolute Gasteiger partial charge is 0.428 e. The van der Waals surface area contributed by atoms with Gasteiger partial charge in [-0.1, -0.05) is 78.3 Å². The lowest BCUT2D eigenvalue weighted by molar-refractivity contribution is -0.0685. The lowest BCUT2D eigenvalue weighted by Crippen LogP contribution is -2.18. The van der Waals surface area contributed by atoms with Gasteiger partial charge in [0, 0.05) is 67.6 Å². The molecule has 0 saturated heterocycles. The third kappa shape index (κ3) is 2.54. The fourth-order valence-electron chi connectivity index (χ4n) is 4.64. The van der Waals surface area contributed by atoms with E-state index in [4.69, 9.17) is 51.1 Å². The van der Waals surface area contributed by atoms with Crippen molar-refractivity contribution < 1.29 is 14.6 Å². The molecule has 1 aliphatic heterocycles. The van der Waals surface area contributed by atoms with Gasteiger partial charge in [-0.25, -0.2) is 4.79 Å². The number of halogens is 6. The number of rotatable bonds is 0. The zero-order valence-corrected chi connectivity index (χ0v) is 21.1. The van der Waals surface area contributed by atoms with E-state index in [1.807, 2.05) is 0 Å². The molecule has 0 saturated carbocycles. The summed E-state index contributed by atoms with van der Waals surface area (Å²) in [7, 11) is 0. The fraction of sp³-hybridized carbons (Fsp3) is 0.0455. The normalized spacial score (nSPS) is 16.2. The predicted octanol–water partition coefficient (Wildman–Crippen LogP) is 9.04. The molecule has 0 bridgehead atoms. The van der Waals surface area contributed by atoms with Gasteiger partial charge in [0.05, 0.1) is 15.6 Å². The topological polar surface area (TPSA) is 46.5 Å². The van der Waals surface area contributed by atoms with E-state index in [9.17, 15) is 9.90 Å². The molecule has 6 rings (SSSR count). The van der Waals surface area contributed by atoms with Gasteiger partial charge in [0.2, 0.25) is 6.29 Å². The van der Waals surface area contributed by atoms with E-state index in [2.05, 4.69) is 31.9 Å². The lowest BCUT2D eigenvalue weighted by atomic mass is 9.85. The van der Waals surface area contributed by atoms with E-state index in [1.54, 1.807) is 24.3 Å². The van der Waals surface area contributed by atoms with Gasteiger partial charge < -0.3 is 9.84 Å². The van der Waals surface area contributed by atoms with E-state index in [0.717, 1.165) is 19.7 Å². The maximum atomic E-state index is 12.6. The molecule has 154 valence electrons. The van der Waals surface area contributed by atoms with Gasteiger partial charge in [0.25, 0.3) is 0 Å². The molecular formula is C22H6Br2Cl4O3. The number of hydrogen-bond donors (Lipinski definition) is 1. The molecule has 0 spiro atoms. The third-order valence-corrected chi connectivity index (χ3v) is 8.20. The van der Waals surface area contributed by atoms with Crippen LogP contribution < -0.4 is 0 Å². The monoisotopic (exact) mass is 616 g/mol. The number of aliphatic hydroxyl groups is 1. The summed E-state index contributed by atoms with van der Waals surface area (Å²) in [6.07, 6.45) is -1.44. The maximum absolute atomic E-state index is 12.6. The van der Waals surface area contributed by atoms with E-state index in [1.165, 1.54) is 0 Å². The molecule has 0 aliphatic carbocycles. The summed E-state index contributed by atoms with van der Waals surface area (Å²) in [5, 5.41) is 17.4. The zero-order valence-electron chi connectivity index (χ0n) is 14.9. The van der Waals surface area contributed by atoms with Crippen molar-refractivity contribution in [3.05, 3.63) is 64.4 Å². The Morgan fingerprint density at radius 3 is 1.68 bits per heavy atom. The van der Waals surface area contributed by atoms with Crippen LogP contribution >= 0.6 is 78.3 Å². The van der Waals surface area contributed by atoms with Gasteiger partial charge in [0.15, 0.2) is 0 Å². The molecular weight excluding hydrogens is 614 g/mol. The highest BCUT2D eigenvalue weighted by Gasteiger charge is 2.33. The van der Waals surface area contributed by atoms with E-state index >= 15 is 0 Å². The van der Waals surface area contributed by atoms with Crippen molar-refractivity contribution in [1.29, 1.82) is 0 Å². The lowest BCUT2D eigenvalue weighted by Gasteiger charge is -2.26. The Balaban J connectivity index is 2.11. The van der Waals surface area contributed by atoms with Crippen molar-refractivity contribution in [3.63, 3.8) is 0 Å². The highest BCUT2D eigenvalue weighted by molar-refractivity contribution is 9.11. The Morgan fingerprint density at radius 1 is 0.677 bits per heavy atom. The summed E-state index contributed by atoms with van der Waals surface area (Å²) in [6.45, 7) is 0. The van der Waals surface area contributed by atoms with Gasteiger partial charge >= 0.3 is 5.97 Å². The quantitative estimate of drug-likeness (QED) is 0.107. The summed E-state index contributed by atoms with van der Waals surface area (Å²) in [6, 6.07) is 6.74. The highest BCUT2D eigenvalue weighted by Crippen LogP contribution is 2.54. The Hall–Kier alpha value is -1.05. The number of hydrogen-bond acceptors (Lipinski definition) is 3. The smallest absolute Gasteiger partial charge is 0.341 e. The molecule has 3 nitrogen and oxygen atoms in total. The first-order chi connectivity index (χ1) is 14.7. The van der Waals surface area contributed by atoms with Crippen LogP contribution in [0.25, 0.3) is 43.1 Å². The molecule has 31 heavy (non-hydrogen) atoms. The summed E-state index contributed by atoms with van der Waals surface area (Å²) < 4.78 is 6.64. The van der Waals surface area contributed by atoms with Crippen molar-refractivity contribution >= 4 is 127 Å². The molecule has 0 fully saturated rings. The van der Waals surface area contributed by atoms with Crippen LogP contribution in [0.15, 0.2) is 33.2 Å². The van der Waals surface area contributed by atoms with Gasteiger partial charge in [-0.2, -0.15) is 0 Å². The second-order valence-electron chi connectivity index (χ2n) is 7.29. The van der Waals surface area contributed by atoms with Crippen LogP contribution in [0.1, 0.15) is 22.2 Å². The minimum Gasteiger partial charge on any atom is -0.428 e. The van der Waals surface area contributed by atoms with Crippen LogP contribution in [-0.2, 0) is 4.74 Å². The van der Waals surface area contributed by atoms with Crippen molar-refractivity contribution in [1.82, 2.24) is 0 Å². The number of ether oxygens (including phenoxy) is 1. The van der Waals surface area contributed by atoms with Crippen molar-refractivity contribution in [2.75, 3.05) is 0 Å². The van der Waals surface area contributed by atoms with Gasteiger partial charge in [-0.15, -0.1) is 0 Å². The minimum absolute atomic E-state index is 0.253. The molecule has 0 amide bonds. The summed E-state index contributed by atoms with van der Waals surface area (Å²) in [4.78, 5) is 12.6. The molecule has 1 unspecified atom stereocenters. The van der Waals surface area contributed by atoms with Crippen LogP contribution in [0.3, 0.4) is 0 Å². The Kier molecular flexibility index (Phi) is 4.46. The number of benzene rings is 5. The molecule has 1 aliphatic rings. The molecule has 5 aromatic rings. The average molecular weight is 620 g/mol. The van der Waals surface area contributed by atoms with Gasteiger partial charge in [0.1, 0.15) is 0 Å². The molecule has 1 heterocycles. The standard InChI is InChI=1S/C22H6Br2Cl4O3/c23-7-3-11(27)17-15-9(25)1-5-13-6(22(30)31-21(5)29)2-10(26)16(19(13)15)18-12(28)4-8(24)14(7)20(17)18/h1-4,21,29H. The number of cyclic esters (lactones) is 1. The molecule has 1 atom stereocenters. The molecule has 1 N–H and O–H groups in total. The number of carbonyl (C=O) groups excluding carboxylic acids is 1. The van der Waals surface area contributed by atoms with Crippen LogP contribution in [-0.4, -0.2) is 11.1 Å². The first-order valence-electron chi connectivity index (χ1n) is 8.88. The number of esters is 1. The van der Waals surface area contributed by atoms with Crippen LogP contribution in [0, 0.1) is 0 Å². The zero-order chi connectivity index (χ0) is 21.9. The first kappa shape index (κ1) is 20.5. The number of aliphatic hydroxyl groups excluding tert-OH is 1. The predicted molar refractivity (Wildman–Crippen MR) is 133 cm³/mol. The first-order valence-corrected chi connectivity index (χ1v) is 12.0. The summed E-state index contributed by atoms with van der Waals surface area (Å²) >= 11 is 34.2. The van der Waals surface area contributed by atoms with Crippen molar-refractivity contribution in [2.45, 2.75) is 6.29 Å². The maximum Gasteiger partial charge on any atom is 0.341 e. The number of fused-ring (bicyclic) bond motifs is 2. The second kappa shape index (κ2) is 6.73. The number of carbonyl (C=O) groups is 1. The Labute approximate surface area is 211 Å². The third-order valence-electron chi connectivity index (χ3n) is 5.76. The van der Waals surface area contributed by atoms with Crippen LogP contribution in [0.4, 0.5) is 0 Å². The molecule has 9 heteroatoms. The van der Waals surface area contributed by atoms with E-state index in [-0.39, 0.29) is 5.56 Å². The minimum atomic E-state index is -1.44. The van der Waals surface area contributed by atoms with E-state index in [0.29, 0.717) is 58.0 Å². The van der Waals surface area contributed by atoms with Gasteiger partial charge in [-0.05, 0) is 24.3 Å². The highest BCUT2D eigenvalue weighted by atomic mass is 79.9. The van der Waals surface area contributed by atoms with Gasteiger partial charge in [-0.3, -0.25) is 0 Å². The Morgan fingerprint density at radius 2 is 1.13 bits per heavy atom. The molecule has 5 aromatic carbocycles. The van der Waals surface area contributed by atoms with Crippen LogP contribution in [0.5, 0.6) is 0 Å². The SMILES string of the molecule is O=C1OC(O)c2cc(Cl)c3c4c(Cl)cc(Br)c5c(Br)cc(Cl)c(c6c(Cl)cc1c2c63)c54. The van der Waals surface area contributed by atoms with Crippen molar-refractivity contribution in [3.8, 4) is 0 Å². The Bertz CT molecular complexity index is 1600. The summed E-state index contributed by atoms with van der Waals surface area (Å²) in [5.41, 5.74) is 0.639. The van der Waals surface area contributed by atoms with Crippen LogP contribution in [0.2, 0.25) is 20.1 Å². The van der Waals surface area contributed by atoms with E-state index < -0.39 is 12.3 Å². The summed E-state index contributed by atoms with van der Waals surface area (Å²) in [5.74, 6) is -0.665. The molecule has 0 aromatic heterocycles.